The van der Waals surface area contributed by atoms with Crippen molar-refractivity contribution in [3.05, 3.63) is 0 Å². The highest BCUT2D eigenvalue weighted by Crippen LogP contribution is 2.05. The zero-order chi connectivity index (χ0) is 8.97. The maximum atomic E-state index is 11.1. The van der Waals surface area contributed by atoms with Crippen LogP contribution in [0.25, 0.3) is 0 Å². The van der Waals surface area contributed by atoms with Crippen LogP contribution in [0.15, 0.2) is 0 Å². The van der Waals surface area contributed by atoms with Gasteiger partial charge in [0.05, 0.1) is 0 Å². The van der Waals surface area contributed by atoms with Crippen molar-refractivity contribution < 1.29 is 4.79 Å². The van der Waals surface area contributed by atoms with Crippen LogP contribution in [0.3, 0.4) is 0 Å². The highest BCUT2D eigenvalue weighted by atomic mass is 16.1. The van der Waals surface area contributed by atoms with Gasteiger partial charge in [-0.1, -0.05) is 13.8 Å². The van der Waals surface area contributed by atoms with E-state index in [4.69, 9.17) is 0 Å². The van der Waals surface area contributed by atoms with Gasteiger partial charge in [-0.2, -0.15) is 0 Å². The quantitative estimate of drug-likeness (QED) is 0.634. The topological polar surface area (TPSA) is 41.1 Å². The Hall–Kier alpha value is -0.570. The minimum absolute atomic E-state index is 0.186. The predicted octanol–water partition coefficient (Wildman–Crippen LogP) is 0.511. The zero-order valence-corrected chi connectivity index (χ0v) is 7.89. The fourth-order valence-electron chi connectivity index (χ4n) is 1.54. The van der Waals surface area contributed by atoms with Crippen LogP contribution in [-0.4, -0.2) is 25.0 Å². The summed E-state index contributed by atoms with van der Waals surface area (Å²) in [5.41, 5.74) is 0. The minimum atomic E-state index is 0.186. The molecular weight excluding hydrogens is 152 g/mol. The summed E-state index contributed by atoms with van der Waals surface area (Å²) in [6.45, 7) is 6.10. The summed E-state index contributed by atoms with van der Waals surface area (Å²) in [5, 5.41) is 6.26. The molecule has 3 nitrogen and oxygen atoms in total. The van der Waals surface area contributed by atoms with Crippen LogP contribution in [0.5, 0.6) is 0 Å². The van der Waals surface area contributed by atoms with E-state index in [0.29, 0.717) is 18.4 Å². The standard InChI is InChI=1S/C9H18N2O/c1-7(2)5-8-6-10-4-3-9(12)11-8/h7-8,10H,3-6H2,1-2H3,(H,11,12)/t8-/m0/s1. The van der Waals surface area contributed by atoms with Crippen LogP contribution in [0.2, 0.25) is 0 Å². The van der Waals surface area contributed by atoms with E-state index in [1.165, 1.54) is 0 Å². The van der Waals surface area contributed by atoms with E-state index in [9.17, 15) is 4.79 Å². The molecule has 0 radical (unpaired) electrons. The largest absolute Gasteiger partial charge is 0.352 e. The Labute approximate surface area is 73.9 Å². The second-order valence-electron chi connectivity index (χ2n) is 3.85. The van der Waals surface area contributed by atoms with Gasteiger partial charge in [0.1, 0.15) is 0 Å². The van der Waals surface area contributed by atoms with E-state index < -0.39 is 0 Å². The summed E-state index contributed by atoms with van der Waals surface area (Å²) in [4.78, 5) is 11.1. The van der Waals surface area contributed by atoms with Crippen molar-refractivity contribution in [1.29, 1.82) is 0 Å². The fourth-order valence-corrected chi connectivity index (χ4v) is 1.54. The summed E-state index contributed by atoms with van der Waals surface area (Å²) >= 11 is 0. The van der Waals surface area contributed by atoms with Crippen LogP contribution >= 0.6 is 0 Å². The maximum Gasteiger partial charge on any atom is 0.221 e. The highest BCUT2D eigenvalue weighted by molar-refractivity contribution is 5.76. The summed E-state index contributed by atoms with van der Waals surface area (Å²) in [6, 6.07) is 0.333. The number of rotatable bonds is 2. The van der Waals surface area contributed by atoms with Gasteiger partial charge >= 0.3 is 0 Å². The number of amides is 1. The Bertz CT molecular complexity index is 157. The van der Waals surface area contributed by atoms with Crippen molar-refractivity contribution in [1.82, 2.24) is 10.6 Å². The van der Waals surface area contributed by atoms with E-state index in [0.717, 1.165) is 19.5 Å². The molecule has 12 heavy (non-hydrogen) atoms. The van der Waals surface area contributed by atoms with Gasteiger partial charge in [-0.15, -0.1) is 0 Å². The highest BCUT2D eigenvalue weighted by Gasteiger charge is 2.16. The molecule has 1 fully saturated rings. The zero-order valence-electron chi connectivity index (χ0n) is 7.89. The van der Waals surface area contributed by atoms with Crippen molar-refractivity contribution in [2.45, 2.75) is 32.7 Å². The molecule has 0 bridgehead atoms. The number of carbonyl (C=O) groups is 1. The van der Waals surface area contributed by atoms with Gasteiger partial charge in [0, 0.05) is 25.6 Å². The molecule has 1 aliphatic heterocycles. The second-order valence-corrected chi connectivity index (χ2v) is 3.85. The van der Waals surface area contributed by atoms with Gasteiger partial charge in [0.15, 0.2) is 0 Å². The third-order valence-electron chi connectivity index (χ3n) is 2.04. The van der Waals surface area contributed by atoms with Gasteiger partial charge in [-0.25, -0.2) is 0 Å². The molecule has 1 rings (SSSR count). The SMILES string of the molecule is CC(C)C[C@H]1CNCCC(=O)N1. The maximum absolute atomic E-state index is 11.1. The average molecular weight is 170 g/mol. The molecule has 1 saturated heterocycles. The van der Waals surface area contributed by atoms with Gasteiger partial charge < -0.3 is 10.6 Å². The second kappa shape index (κ2) is 4.45. The summed E-state index contributed by atoms with van der Waals surface area (Å²) in [7, 11) is 0. The van der Waals surface area contributed by atoms with Crippen LogP contribution in [0.1, 0.15) is 26.7 Å². The van der Waals surface area contributed by atoms with Gasteiger partial charge in [-0.3, -0.25) is 4.79 Å². The van der Waals surface area contributed by atoms with Crippen molar-refractivity contribution in [2.24, 2.45) is 5.92 Å². The molecule has 1 amide bonds. The van der Waals surface area contributed by atoms with Crippen molar-refractivity contribution in [3.63, 3.8) is 0 Å². The van der Waals surface area contributed by atoms with E-state index in [1.54, 1.807) is 0 Å². The molecule has 0 aromatic heterocycles. The first-order valence-corrected chi connectivity index (χ1v) is 4.68. The van der Waals surface area contributed by atoms with Gasteiger partial charge in [0.25, 0.3) is 0 Å². The average Bonchev–Trinajstić information content (AvgIpc) is 2.12. The first-order valence-electron chi connectivity index (χ1n) is 4.68. The lowest BCUT2D eigenvalue weighted by atomic mass is 10.0. The Morgan fingerprint density at radius 2 is 2.33 bits per heavy atom. The minimum Gasteiger partial charge on any atom is -0.352 e. The molecule has 0 spiro atoms. The Morgan fingerprint density at radius 1 is 1.58 bits per heavy atom. The van der Waals surface area contributed by atoms with E-state index >= 15 is 0 Å². The monoisotopic (exact) mass is 170 g/mol. The lowest BCUT2D eigenvalue weighted by Gasteiger charge is -2.17. The third-order valence-corrected chi connectivity index (χ3v) is 2.04. The van der Waals surface area contributed by atoms with Crippen LogP contribution in [0, 0.1) is 5.92 Å². The van der Waals surface area contributed by atoms with Crippen molar-refractivity contribution in [3.8, 4) is 0 Å². The molecule has 0 aliphatic carbocycles. The third kappa shape index (κ3) is 3.22. The number of nitrogens with one attached hydrogen (secondary N) is 2. The Balaban J connectivity index is 2.36. The lowest BCUT2D eigenvalue weighted by Crippen LogP contribution is -2.38. The Morgan fingerprint density at radius 3 is 3.00 bits per heavy atom. The summed E-state index contributed by atoms with van der Waals surface area (Å²) in [5.74, 6) is 0.834. The molecular formula is C9H18N2O. The fraction of sp³-hybridized carbons (Fsp3) is 0.889. The molecule has 0 saturated carbocycles. The molecule has 0 aromatic rings. The molecule has 3 heteroatoms. The van der Waals surface area contributed by atoms with Gasteiger partial charge in [-0.05, 0) is 12.3 Å². The van der Waals surface area contributed by atoms with E-state index in [-0.39, 0.29) is 5.91 Å². The van der Waals surface area contributed by atoms with Crippen LogP contribution in [-0.2, 0) is 4.79 Å². The van der Waals surface area contributed by atoms with Crippen molar-refractivity contribution >= 4 is 5.91 Å². The summed E-state index contributed by atoms with van der Waals surface area (Å²) in [6.07, 6.45) is 1.69. The lowest BCUT2D eigenvalue weighted by molar-refractivity contribution is -0.121. The number of hydrogen-bond donors (Lipinski definition) is 2. The molecule has 70 valence electrons. The van der Waals surface area contributed by atoms with E-state index in [1.807, 2.05) is 0 Å². The molecule has 0 aromatic carbocycles. The van der Waals surface area contributed by atoms with Crippen LogP contribution in [0.4, 0.5) is 0 Å². The van der Waals surface area contributed by atoms with Crippen LogP contribution < -0.4 is 10.6 Å². The van der Waals surface area contributed by atoms with Gasteiger partial charge in [0.2, 0.25) is 5.91 Å². The first kappa shape index (κ1) is 9.52. The summed E-state index contributed by atoms with van der Waals surface area (Å²) < 4.78 is 0. The normalized spacial score (nSPS) is 25.2. The van der Waals surface area contributed by atoms with Crippen molar-refractivity contribution in [2.75, 3.05) is 13.1 Å². The number of hydrogen-bond acceptors (Lipinski definition) is 2. The molecule has 0 unspecified atom stereocenters. The van der Waals surface area contributed by atoms with E-state index in [2.05, 4.69) is 24.5 Å². The molecule has 1 aliphatic rings. The molecule has 1 atom stereocenters. The smallest absolute Gasteiger partial charge is 0.221 e. The first-order chi connectivity index (χ1) is 5.68. The molecule has 1 heterocycles. The Kier molecular flexibility index (Phi) is 3.53. The predicted molar refractivity (Wildman–Crippen MR) is 48.9 cm³/mol. The molecule has 2 N–H and O–H groups in total. The number of carbonyl (C=O) groups excluding carboxylic acids is 1.